The lowest BCUT2D eigenvalue weighted by Gasteiger charge is -2.57. The standard InChI is InChI=1S/C25H40N4O/c1-15(29-23(28)17(13-26)14-27)21-6-7-22-20-5-4-16-12-24(2,30)10-8-18(16)19(20)9-11-25(21,22)3/h13,15-16,18-22,30H,4-12,26H2,1-3H3,(H2,28,29)/t15-,16-,18+,19-,20-,21-,22+,24-,25-/m1/s1. The molecule has 4 rings (SSSR count). The number of hydrogen-bond donors (Lipinski definition) is 3. The Morgan fingerprint density at radius 3 is 2.53 bits per heavy atom. The zero-order valence-corrected chi connectivity index (χ0v) is 19.0. The fourth-order valence-corrected chi connectivity index (χ4v) is 8.47. The summed E-state index contributed by atoms with van der Waals surface area (Å²) in [6.45, 7) is 6.72. The molecule has 0 saturated heterocycles. The van der Waals surface area contributed by atoms with E-state index in [1.807, 2.05) is 13.0 Å². The van der Waals surface area contributed by atoms with Gasteiger partial charge in [0.2, 0.25) is 0 Å². The van der Waals surface area contributed by atoms with Crippen LogP contribution in [0.5, 0.6) is 0 Å². The minimum atomic E-state index is -0.441. The fraction of sp³-hybridized carbons (Fsp3) is 0.840. The number of rotatable bonds is 3. The second-order valence-corrected chi connectivity index (χ2v) is 11.4. The number of aliphatic imine (C=N–C) groups is 1. The normalized spacial score (nSPS) is 47.6. The monoisotopic (exact) mass is 412 g/mol. The highest BCUT2D eigenvalue weighted by molar-refractivity contribution is 6.00. The molecule has 0 bridgehead atoms. The van der Waals surface area contributed by atoms with E-state index in [-0.39, 0.29) is 17.5 Å². The molecule has 5 N–H and O–H groups in total. The first-order valence-corrected chi connectivity index (χ1v) is 12.1. The van der Waals surface area contributed by atoms with E-state index in [4.69, 9.17) is 16.5 Å². The van der Waals surface area contributed by atoms with E-state index in [9.17, 15) is 10.4 Å². The van der Waals surface area contributed by atoms with Gasteiger partial charge in [-0.15, -0.1) is 0 Å². The van der Waals surface area contributed by atoms with Crippen molar-refractivity contribution >= 4 is 5.84 Å². The Morgan fingerprint density at radius 1 is 1.10 bits per heavy atom. The van der Waals surface area contributed by atoms with Gasteiger partial charge in [0.15, 0.2) is 0 Å². The van der Waals surface area contributed by atoms with Gasteiger partial charge in [0.25, 0.3) is 0 Å². The van der Waals surface area contributed by atoms with Crippen molar-refractivity contribution in [2.45, 2.75) is 90.2 Å². The first kappa shape index (κ1) is 21.7. The first-order valence-electron chi connectivity index (χ1n) is 12.1. The average molecular weight is 413 g/mol. The molecule has 9 atom stereocenters. The zero-order valence-electron chi connectivity index (χ0n) is 19.0. The highest BCUT2D eigenvalue weighted by Crippen LogP contribution is 2.65. The van der Waals surface area contributed by atoms with Crippen molar-refractivity contribution in [2.24, 2.45) is 57.4 Å². The van der Waals surface area contributed by atoms with Crippen LogP contribution in [-0.2, 0) is 0 Å². The van der Waals surface area contributed by atoms with Crippen LogP contribution in [-0.4, -0.2) is 22.6 Å². The quantitative estimate of drug-likeness (QED) is 0.368. The Labute approximate surface area is 182 Å². The van der Waals surface area contributed by atoms with Gasteiger partial charge in [-0.05, 0) is 113 Å². The summed E-state index contributed by atoms with van der Waals surface area (Å²) < 4.78 is 0. The van der Waals surface area contributed by atoms with Crippen LogP contribution >= 0.6 is 0 Å². The Kier molecular flexibility index (Phi) is 5.68. The van der Waals surface area contributed by atoms with E-state index >= 15 is 0 Å². The molecule has 5 nitrogen and oxygen atoms in total. The second kappa shape index (κ2) is 7.86. The SMILES string of the molecule is C[C@@H](N=C(N)C(C#N)=CN)[C@H]1CC[C@H]2[C@@H]3CC[C@@H]4C[C@](C)(O)CC[C@@H]4[C@H]3CC[C@]12C. The van der Waals surface area contributed by atoms with Crippen molar-refractivity contribution in [2.75, 3.05) is 0 Å². The van der Waals surface area contributed by atoms with E-state index in [1.165, 1.54) is 51.1 Å². The van der Waals surface area contributed by atoms with Crippen molar-refractivity contribution in [3.8, 4) is 6.07 Å². The topological polar surface area (TPSA) is 108 Å². The molecule has 5 heteroatoms. The van der Waals surface area contributed by atoms with Crippen molar-refractivity contribution in [3.63, 3.8) is 0 Å². The molecule has 30 heavy (non-hydrogen) atoms. The van der Waals surface area contributed by atoms with Gasteiger partial charge >= 0.3 is 0 Å². The molecule has 4 fully saturated rings. The average Bonchev–Trinajstić information content (AvgIpc) is 3.05. The van der Waals surface area contributed by atoms with E-state index in [2.05, 4.69) is 13.8 Å². The molecule has 0 amide bonds. The molecule has 4 saturated carbocycles. The molecule has 0 aliphatic heterocycles. The lowest BCUT2D eigenvalue weighted by molar-refractivity contribution is -0.100. The van der Waals surface area contributed by atoms with E-state index in [0.29, 0.717) is 11.3 Å². The highest BCUT2D eigenvalue weighted by atomic mass is 16.3. The Hall–Kier alpha value is -1.54. The molecule has 0 unspecified atom stereocenters. The summed E-state index contributed by atoms with van der Waals surface area (Å²) in [5, 5.41) is 19.8. The number of amidine groups is 1. The summed E-state index contributed by atoms with van der Waals surface area (Å²) in [7, 11) is 0. The Morgan fingerprint density at radius 2 is 1.83 bits per heavy atom. The van der Waals surface area contributed by atoms with Crippen molar-refractivity contribution < 1.29 is 5.11 Å². The second-order valence-electron chi connectivity index (χ2n) is 11.4. The van der Waals surface area contributed by atoms with E-state index in [1.54, 1.807) is 0 Å². The number of nitriles is 1. The predicted molar refractivity (Wildman–Crippen MR) is 120 cm³/mol. The van der Waals surface area contributed by atoms with Gasteiger partial charge in [0.05, 0.1) is 11.6 Å². The van der Waals surface area contributed by atoms with Crippen LogP contribution in [0, 0.1) is 52.3 Å². The third-order valence-electron chi connectivity index (χ3n) is 9.80. The van der Waals surface area contributed by atoms with Gasteiger partial charge in [-0.25, -0.2) is 0 Å². The third-order valence-corrected chi connectivity index (χ3v) is 9.80. The number of nitrogens with two attached hydrogens (primary N) is 2. The highest BCUT2D eigenvalue weighted by Gasteiger charge is 2.58. The number of fused-ring (bicyclic) bond motifs is 5. The maximum absolute atomic E-state index is 10.6. The Balaban J connectivity index is 1.51. The molecule has 4 aliphatic carbocycles. The van der Waals surface area contributed by atoms with Crippen LogP contribution in [0.15, 0.2) is 16.8 Å². The summed E-state index contributed by atoms with van der Waals surface area (Å²) in [6.07, 6.45) is 12.2. The van der Waals surface area contributed by atoms with E-state index < -0.39 is 5.60 Å². The van der Waals surface area contributed by atoms with Crippen molar-refractivity contribution in [3.05, 3.63) is 11.8 Å². The third kappa shape index (κ3) is 3.55. The number of hydrogen-bond acceptors (Lipinski definition) is 4. The summed E-state index contributed by atoms with van der Waals surface area (Å²) in [5.41, 5.74) is 11.8. The van der Waals surface area contributed by atoms with E-state index in [0.717, 1.165) is 42.4 Å². The smallest absolute Gasteiger partial charge is 0.138 e. The van der Waals surface area contributed by atoms with Crippen LogP contribution in [0.25, 0.3) is 0 Å². The number of nitrogens with zero attached hydrogens (tertiary/aromatic N) is 2. The number of aliphatic hydroxyl groups is 1. The largest absolute Gasteiger partial charge is 0.403 e. The molecule has 0 aromatic heterocycles. The molecule has 166 valence electrons. The van der Waals surface area contributed by atoms with Gasteiger partial charge in [0.1, 0.15) is 17.5 Å². The molecular formula is C25H40N4O. The van der Waals surface area contributed by atoms with Gasteiger partial charge < -0.3 is 16.6 Å². The van der Waals surface area contributed by atoms with Gasteiger partial charge in [-0.3, -0.25) is 4.99 Å². The summed E-state index contributed by atoms with van der Waals surface area (Å²) in [5.74, 6) is 4.83. The lowest BCUT2D eigenvalue weighted by atomic mass is 9.49. The molecule has 0 aromatic carbocycles. The summed E-state index contributed by atoms with van der Waals surface area (Å²) in [6, 6.07) is 2.16. The zero-order chi connectivity index (χ0) is 21.7. The molecule has 4 aliphatic rings. The van der Waals surface area contributed by atoms with Gasteiger partial charge in [0, 0.05) is 6.20 Å². The van der Waals surface area contributed by atoms with Gasteiger partial charge in [-0.2, -0.15) is 5.26 Å². The maximum Gasteiger partial charge on any atom is 0.138 e. The van der Waals surface area contributed by atoms with Crippen molar-refractivity contribution in [1.82, 2.24) is 0 Å². The molecule has 0 spiro atoms. The van der Waals surface area contributed by atoms with Crippen molar-refractivity contribution in [1.29, 1.82) is 5.26 Å². The lowest BCUT2D eigenvalue weighted by Crippen LogP contribution is -2.51. The molecule has 0 heterocycles. The molecule has 0 aromatic rings. The predicted octanol–water partition coefficient (Wildman–Crippen LogP) is 4.12. The van der Waals surface area contributed by atoms with Crippen LogP contribution in [0.4, 0.5) is 0 Å². The summed E-state index contributed by atoms with van der Waals surface area (Å²) >= 11 is 0. The molecule has 0 radical (unpaired) electrons. The minimum absolute atomic E-state index is 0.112. The van der Waals surface area contributed by atoms with Crippen LogP contribution < -0.4 is 11.5 Å². The van der Waals surface area contributed by atoms with Gasteiger partial charge in [-0.1, -0.05) is 6.92 Å². The summed E-state index contributed by atoms with van der Waals surface area (Å²) in [4.78, 5) is 4.72. The van der Waals surface area contributed by atoms with Crippen LogP contribution in [0.2, 0.25) is 0 Å². The maximum atomic E-state index is 10.6. The fourth-order valence-electron chi connectivity index (χ4n) is 8.47. The van der Waals surface area contributed by atoms with Crippen LogP contribution in [0.1, 0.15) is 78.6 Å². The first-order chi connectivity index (χ1) is 14.2. The van der Waals surface area contributed by atoms with Crippen LogP contribution in [0.3, 0.4) is 0 Å². The minimum Gasteiger partial charge on any atom is -0.403 e. The molecular weight excluding hydrogens is 372 g/mol. The Bertz CT molecular complexity index is 766.